The predicted octanol–water partition coefficient (Wildman–Crippen LogP) is 5.56. The first-order chi connectivity index (χ1) is 21.5. The zero-order valence-electron chi connectivity index (χ0n) is 24.1. The van der Waals surface area contributed by atoms with Crippen molar-refractivity contribution in [2.24, 2.45) is 5.92 Å². The lowest BCUT2D eigenvalue weighted by Crippen LogP contribution is -2.46. The Balaban J connectivity index is 1.33. The van der Waals surface area contributed by atoms with Crippen LogP contribution in [0.1, 0.15) is 58.9 Å². The van der Waals surface area contributed by atoms with Gasteiger partial charge in [-0.2, -0.15) is 28.6 Å². The van der Waals surface area contributed by atoms with Crippen LogP contribution in [0.5, 0.6) is 0 Å². The summed E-state index contributed by atoms with van der Waals surface area (Å²) in [6.45, 7) is 1.81. The van der Waals surface area contributed by atoms with Crippen molar-refractivity contribution in [2.75, 3.05) is 5.73 Å². The Morgan fingerprint density at radius 3 is 2.53 bits per heavy atom. The molecule has 7 rings (SSSR count). The van der Waals surface area contributed by atoms with Crippen molar-refractivity contribution in [3.63, 3.8) is 0 Å². The van der Waals surface area contributed by atoms with Crippen molar-refractivity contribution < 1.29 is 18.0 Å². The highest BCUT2D eigenvalue weighted by atomic mass is 79.9. The van der Waals surface area contributed by atoms with E-state index in [9.17, 15) is 22.8 Å². The van der Waals surface area contributed by atoms with Gasteiger partial charge in [-0.1, -0.05) is 47.3 Å². The normalized spacial score (nSPS) is 17.0. The Kier molecular flexibility index (Phi) is 7.06. The third-order valence-electron chi connectivity index (χ3n) is 8.93. The molecule has 232 valence electrons. The van der Waals surface area contributed by atoms with Crippen molar-refractivity contribution in [3.05, 3.63) is 91.4 Å². The molecule has 1 saturated carbocycles. The van der Waals surface area contributed by atoms with Gasteiger partial charge in [0.05, 0.1) is 29.7 Å². The van der Waals surface area contributed by atoms with Gasteiger partial charge >= 0.3 is 6.18 Å². The van der Waals surface area contributed by atoms with Gasteiger partial charge in [-0.25, -0.2) is 4.52 Å². The summed E-state index contributed by atoms with van der Waals surface area (Å²) in [5.74, 6) is 0.210. The number of nitrogens with one attached hydrogen (secondary N) is 1. The van der Waals surface area contributed by atoms with Crippen molar-refractivity contribution in [1.29, 1.82) is 0 Å². The number of alkyl halides is 3. The molecule has 0 bridgehead atoms. The average molecular weight is 682 g/mol. The fraction of sp³-hybridized carbons (Fsp3) is 0.323. The van der Waals surface area contributed by atoms with E-state index in [1.54, 1.807) is 22.2 Å². The SMILES string of the molecule is C[C@H]1Cc2c(n3ncc(CC4CCC4)c3n(-c3ccc(-c4n[nH]nc4N)cc3)c2=O)CN1C(=O)c1ccc(Br)c(C(F)(F)F)c1. The summed E-state index contributed by atoms with van der Waals surface area (Å²) in [7, 11) is 0. The number of hydrogen-bond acceptors (Lipinski definition) is 6. The van der Waals surface area contributed by atoms with Crippen molar-refractivity contribution in [3.8, 4) is 16.9 Å². The molecule has 10 nitrogen and oxygen atoms in total. The predicted molar refractivity (Wildman–Crippen MR) is 164 cm³/mol. The van der Waals surface area contributed by atoms with Crippen LogP contribution in [-0.4, -0.2) is 46.4 Å². The number of nitrogens with zero attached hydrogens (tertiary/aromatic N) is 6. The fourth-order valence-corrected chi connectivity index (χ4v) is 6.78. The van der Waals surface area contributed by atoms with Crippen LogP contribution in [0.2, 0.25) is 0 Å². The third kappa shape index (κ3) is 5.00. The molecule has 1 aliphatic heterocycles. The lowest BCUT2D eigenvalue weighted by Gasteiger charge is -2.35. The second kappa shape index (κ2) is 10.9. The lowest BCUT2D eigenvalue weighted by atomic mass is 9.81. The van der Waals surface area contributed by atoms with E-state index in [2.05, 4.69) is 31.3 Å². The topological polar surface area (TPSA) is 127 Å². The largest absolute Gasteiger partial charge is 0.417 e. The summed E-state index contributed by atoms with van der Waals surface area (Å²) in [6.07, 6.45) is 1.50. The summed E-state index contributed by atoms with van der Waals surface area (Å²) >= 11 is 2.94. The fourth-order valence-electron chi connectivity index (χ4n) is 6.31. The standard InChI is InChI=1S/C31H28BrF3N8O2/c1-16-11-22-25(15-41(16)29(44)19-7-10-24(32)23(13-19)31(33,34)35)43-28(20(14-37-43)12-17-3-2-4-17)42(30(22)45)21-8-5-18(6-9-21)26-27(36)39-40-38-26/h5-10,13-14,16-17H,2-4,11-12,15H2,1H3,(H3,36,38,39,40)/t16-/m0/s1. The number of rotatable bonds is 5. The molecule has 1 aliphatic carbocycles. The van der Waals surface area contributed by atoms with Crippen LogP contribution in [0.25, 0.3) is 22.6 Å². The van der Waals surface area contributed by atoms with Gasteiger partial charge in [0.25, 0.3) is 11.5 Å². The van der Waals surface area contributed by atoms with Crippen molar-refractivity contribution in [2.45, 2.75) is 57.8 Å². The van der Waals surface area contributed by atoms with Crippen LogP contribution in [0.15, 0.2) is 57.9 Å². The van der Waals surface area contributed by atoms with Crippen LogP contribution in [-0.2, 0) is 25.6 Å². The summed E-state index contributed by atoms with van der Waals surface area (Å²) in [6, 6.07) is 10.3. The van der Waals surface area contributed by atoms with E-state index in [0.29, 0.717) is 34.2 Å². The Morgan fingerprint density at radius 2 is 1.89 bits per heavy atom. The minimum atomic E-state index is -4.63. The molecule has 4 heterocycles. The highest BCUT2D eigenvalue weighted by Crippen LogP contribution is 2.37. The molecule has 0 saturated heterocycles. The van der Waals surface area contributed by atoms with Gasteiger partial charge in [-0.3, -0.25) is 14.2 Å². The zero-order chi connectivity index (χ0) is 31.6. The van der Waals surface area contributed by atoms with E-state index in [1.165, 1.54) is 23.5 Å². The molecule has 3 N–H and O–H groups in total. The number of halogens is 4. The number of nitrogens with two attached hydrogens (primary N) is 1. The van der Waals surface area contributed by atoms with Crippen molar-refractivity contribution >= 4 is 33.3 Å². The number of carbonyl (C=O) groups excluding carboxylic acids is 1. The zero-order valence-corrected chi connectivity index (χ0v) is 25.7. The van der Waals surface area contributed by atoms with Gasteiger partial charge in [0.2, 0.25) is 0 Å². The molecule has 45 heavy (non-hydrogen) atoms. The minimum absolute atomic E-state index is 0.0221. The molecule has 3 aromatic heterocycles. The second-order valence-corrected chi connectivity index (χ2v) is 12.6. The van der Waals surface area contributed by atoms with E-state index < -0.39 is 23.7 Å². The first kappa shape index (κ1) is 29.3. The number of fused-ring (bicyclic) bond motifs is 3. The maximum Gasteiger partial charge on any atom is 0.417 e. The van der Waals surface area contributed by atoms with Crippen molar-refractivity contribution in [1.82, 2.24) is 34.5 Å². The van der Waals surface area contributed by atoms with E-state index in [0.717, 1.165) is 36.5 Å². The number of nitrogen functional groups attached to an aromatic ring is 1. The molecule has 1 amide bonds. The summed E-state index contributed by atoms with van der Waals surface area (Å²) in [5.41, 5.74) is 9.18. The number of benzene rings is 2. The highest BCUT2D eigenvalue weighted by Gasteiger charge is 2.36. The number of carbonyl (C=O) groups is 1. The molecule has 2 aromatic carbocycles. The van der Waals surface area contributed by atoms with E-state index >= 15 is 0 Å². The molecule has 0 unspecified atom stereocenters. The molecular weight excluding hydrogens is 653 g/mol. The molecular formula is C31H28BrF3N8O2. The summed E-state index contributed by atoms with van der Waals surface area (Å²) < 4.78 is 44.1. The van der Waals surface area contributed by atoms with Gasteiger partial charge in [0.15, 0.2) is 5.82 Å². The van der Waals surface area contributed by atoms with Crippen LogP contribution in [0.3, 0.4) is 0 Å². The lowest BCUT2D eigenvalue weighted by molar-refractivity contribution is -0.138. The molecule has 0 radical (unpaired) electrons. The van der Waals surface area contributed by atoms with Gasteiger partial charge < -0.3 is 10.6 Å². The van der Waals surface area contributed by atoms with Crippen LogP contribution in [0, 0.1) is 5.92 Å². The Morgan fingerprint density at radius 1 is 1.13 bits per heavy atom. The average Bonchev–Trinajstić information content (AvgIpc) is 3.61. The number of aromatic nitrogens is 6. The number of aromatic amines is 1. The van der Waals surface area contributed by atoms with Gasteiger partial charge in [-0.15, -0.1) is 5.10 Å². The smallest absolute Gasteiger partial charge is 0.380 e. The number of anilines is 1. The Labute approximate surface area is 263 Å². The molecule has 0 spiro atoms. The Hall–Kier alpha value is -4.46. The third-order valence-corrected chi connectivity index (χ3v) is 9.62. The maximum atomic E-state index is 14.3. The van der Waals surface area contributed by atoms with Crippen LogP contribution in [0.4, 0.5) is 19.0 Å². The summed E-state index contributed by atoms with van der Waals surface area (Å²) in [4.78, 5) is 29.5. The Bertz CT molecular complexity index is 2010. The number of hydrogen-bond donors (Lipinski definition) is 2. The van der Waals surface area contributed by atoms with Gasteiger partial charge in [0.1, 0.15) is 11.3 Å². The molecule has 14 heteroatoms. The van der Waals surface area contributed by atoms with E-state index in [4.69, 9.17) is 10.8 Å². The van der Waals surface area contributed by atoms with Gasteiger partial charge in [-0.05, 0) is 56.0 Å². The molecule has 1 atom stereocenters. The first-order valence-corrected chi connectivity index (χ1v) is 15.4. The molecule has 1 fully saturated rings. The molecule has 2 aliphatic rings. The monoisotopic (exact) mass is 680 g/mol. The quantitative estimate of drug-likeness (QED) is 0.250. The van der Waals surface area contributed by atoms with Gasteiger partial charge in [0, 0.05) is 32.8 Å². The molecule has 5 aromatic rings. The number of amides is 1. The first-order valence-electron chi connectivity index (χ1n) is 14.6. The number of H-pyrrole nitrogens is 1. The maximum absolute atomic E-state index is 14.3. The van der Waals surface area contributed by atoms with E-state index in [-0.39, 0.29) is 34.4 Å². The van der Waals surface area contributed by atoms with Crippen LogP contribution < -0.4 is 11.3 Å². The highest BCUT2D eigenvalue weighted by molar-refractivity contribution is 9.10. The van der Waals surface area contributed by atoms with Crippen LogP contribution >= 0.6 is 15.9 Å². The minimum Gasteiger partial charge on any atom is -0.380 e. The summed E-state index contributed by atoms with van der Waals surface area (Å²) in [5, 5.41) is 15.2. The second-order valence-electron chi connectivity index (χ2n) is 11.8. The van der Waals surface area contributed by atoms with E-state index in [1.807, 2.05) is 24.3 Å².